The van der Waals surface area contributed by atoms with Gasteiger partial charge in [0.15, 0.2) is 17.2 Å². The predicted octanol–water partition coefficient (Wildman–Crippen LogP) is 4.79. The highest BCUT2D eigenvalue weighted by molar-refractivity contribution is 6.32. The van der Waals surface area contributed by atoms with Gasteiger partial charge in [0, 0.05) is 0 Å². The summed E-state index contributed by atoms with van der Waals surface area (Å²) in [4.78, 5) is 16.2. The van der Waals surface area contributed by atoms with Gasteiger partial charge < -0.3 is 14.2 Å². The molecule has 1 aliphatic rings. The molecule has 0 aromatic heterocycles. The number of esters is 1. The molecule has 2 aromatic carbocycles. The van der Waals surface area contributed by atoms with Gasteiger partial charge in [-0.15, -0.1) is 0 Å². The Bertz CT molecular complexity index is 1010. The van der Waals surface area contributed by atoms with Gasteiger partial charge in [-0.2, -0.15) is 0 Å². The molecule has 144 valence electrons. The molecule has 0 aliphatic carbocycles. The van der Waals surface area contributed by atoms with Crippen molar-refractivity contribution >= 4 is 29.5 Å². The Balaban J connectivity index is 1.94. The molecule has 2 aromatic rings. The molecule has 0 fully saturated rings. The van der Waals surface area contributed by atoms with E-state index in [-0.39, 0.29) is 17.2 Å². The van der Waals surface area contributed by atoms with E-state index in [1.165, 1.54) is 25.3 Å². The molecular weight excluding hydrogens is 385 g/mol. The largest absolute Gasteiger partial charge is 0.493 e. The van der Waals surface area contributed by atoms with Gasteiger partial charge in [0.1, 0.15) is 12.4 Å². The first-order chi connectivity index (χ1) is 13.4. The van der Waals surface area contributed by atoms with Gasteiger partial charge in [-0.1, -0.05) is 30.3 Å². The van der Waals surface area contributed by atoms with Crippen molar-refractivity contribution in [3.8, 4) is 11.5 Å². The van der Waals surface area contributed by atoms with Crippen molar-refractivity contribution in [2.75, 3.05) is 13.7 Å². The monoisotopic (exact) mass is 401 g/mol. The summed E-state index contributed by atoms with van der Waals surface area (Å²) in [7, 11) is 1.48. The maximum atomic E-state index is 13.9. The number of methoxy groups -OCH3 is 1. The average Bonchev–Trinajstić information content (AvgIpc) is 3.00. The van der Waals surface area contributed by atoms with Crippen LogP contribution in [0.25, 0.3) is 6.08 Å². The summed E-state index contributed by atoms with van der Waals surface area (Å²) in [5.74, 6) is -0.534. The number of cyclic esters (lactones) is 1. The van der Waals surface area contributed by atoms with Gasteiger partial charge in [-0.05, 0) is 48.4 Å². The minimum atomic E-state index is -0.684. The van der Waals surface area contributed by atoms with Crippen LogP contribution in [0.5, 0.6) is 11.5 Å². The van der Waals surface area contributed by atoms with Gasteiger partial charge in [-0.3, -0.25) is 0 Å². The molecule has 0 radical (unpaired) electrons. The lowest BCUT2D eigenvalue weighted by Crippen LogP contribution is -2.07. The van der Waals surface area contributed by atoms with Crippen LogP contribution in [0.3, 0.4) is 0 Å². The normalized spacial score (nSPS) is 14.6. The SMILES string of the molecule is C=C(C)COc1c(Cl)cc(/C=C2\N=C(c3ccccc3F)OC2=O)cc1OC. The molecule has 0 saturated carbocycles. The van der Waals surface area contributed by atoms with Crippen molar-refractivity contribution in [3.05, 3.63) is 76.2 Å². The maximum Gasteiger partial charge on any atom is 0.363 e. The lowest BCUT2D eigenvalue weighted by molar-refractivity contribution is -0.129. The minimum Gasteiger partial charge on any atom is -0.493 e. The van der Waals surface area contributed by atoms with Crippen LogP contribution >= 0.6 is 11.6 Å². The number of hydrogen-bond donors (Lipinski definition) is 0. The van der Waals surface area contributed by atoms with E-state index in [1.807, 2.05) is 6.92 Å². The van der Waals surface area contributed by atoms with Crippen molar-refractivity contribution in [2.24, 2.45) is 4.99 Å². The summed E-state index contributed by atoms with van der Waals surface area (Å²) in [6, 6.07) is 9.18. The lowest BCUT2D eigenvalue weighted by atomic mass is 10.1. The molecule has 28 heavy (non-hydrogen) atoms. The van der Waals surface area contributed by atoms with E-state index < -0.39 is 11.8 Å². The predicted molar refractivity (Wildman–Crippen MR) is 105 cm³/mol. The molecule has 5 nitrogen and oxygen atoms in total. The summed E-state index contributed by atoms with van der Waals surface area (Å²) < 4.78 is 29.9. The first kappa shape index (κ1) is 19.6. The number of carbonyl (C=O) groups excluding carboxylic acids is 1. The van der Waals surface area contributed by atoms with E-state index in [0.717, 1.165) is 5.57 Å². The summed E-state index contributed by atoms with van der Waals surface area (Å²) in [5, 5.41) is 0.303. The smallest absolute Gasteiger partial charge is 0.363 e. The molecule has 0 bridgehead atoms. The first-order valence-corrected chi connectivity index (χ1v) is 8.69. The van der Waals surface area contributed by atoms with E-state index in [9.17, 15) is 9.18 Å². The zero-order valence-corrected chi connectivity index (χ0v) is 16.0. The molecule has 0 atom stereocenters. The van der Waals surface area contributed by atoms with Crippen LogP contribution < -0.4 is 9.47 Å². The molecule has 0 N–H and O–H groups in total. The van der Waals surface area contributed by atoms with Crippen molar-refractivity contribution in [2.45, 2.75) is 6.92 Å². The van der Waals surface area contributed by atoms with Crippen molar-refractivity contribution in [1.29, 1.82) is 0 Å². The summed E-state index contributed by atoms with van der Waals surface area (Å²) in [5.41, 5.74) is 1.51. The fraction of sp³-hybridized carbons (Fsp3) is 0.143. The fourth-order valence-corrected chi connectivity index (χ4v) is 2.75. The quantitative estimate of drug-likeness (QED) is 0.397. The van der Waals surface area contributed by atoms with Crippen LogP contribution in [-0.4, -0.2) is 25.6 Å². The van der Waals surface area contributed by atoms with Crippen LogP contribution in [0.15, 0.2) is 59.2 Å². The Morgan fingerprint density at radius 1 is 1.36 bits per heavy atom. The molecule has 0 amide bonds. The third-order valence-electron chi connectivity index (χ3n) is 3.74. The van der Waals surface area contributed by atoms with Crippen LogP contribution in [0, 0.1) is 5.82 Å². The van der Waals surface area contributed by atoms with Gasteiger partial charge in [0.05, 0.1) is 17.7 Å². The van der Waals surface area contributed by atoms with Gasteiger partial charge >= 0.3 is 5.97 Å². The second kappa shape index (κ2) is 8.27. The van der Waals surface area contributed by atoms with Crippen molar-refractivity contribution < 1.29 is 23.4 Å². The van der Waals surface area contributed by atoms with E-state index in [4.69, 9.17) is 25.8 Å². The molecule has 0 spiro atoms. The Labute approximate surface area is 166 Å². The highest BCUT2D eigenvalue weighted by Gasteiger charge is 2.26. The van der Waals surface area contributed by atoms with Crippen molar-refractivity contribution in [1.82, 2.24) is 0 Å². The molecule has 1 aliphatic heterocycles. The van der Waals surface area contributed by atoms with Crippen molar-refractivity contribution in [3.63, 3.8) is 0 Å². The Morgan fingerprint density at radius 2 is 2.11 bits per heavy atom. The zero-order valence-electron chi connectivity index (χ0n) is 15.3. The minimum absolute atomic E-state index is 0.0203. The van der Waals surface area contributed by atoms with E-state index in [0.29, 0.717) is 28.7 Å². The Hall–Kier alpha value is -3.12. The molecule has 3 rings (SSSR count). The van der Waals surface area contributed by atoms with E-state index in [2.05, 4.69) is 11.6 Å². The van der Waals surface area contributed by atoms with E-state index in [1.54, 1.807) is 24.3 Å². The second-order valence-corrected chi connectivity index (χ2v) is 6.50. The third-order valence-corrected chi connectivity index (χ3v) is 4.02. The number of benzene rings is 2. The van der Waals surface area contributed by atoms with Gasteiger partial charge in [0.2, 0.25) is 5.90 Å². The van der Waals surface area contributed by atoms with E-state index >= 15 is 0 Å². The third kappa shape index (κ3) is 4.23. The molecule has 0 saturated heterocycles. The highest BCUT2D eigenvalue weighted by atomic mass is 35.5. The average molecular weight is 402 g/mol. The standard InChI is InChI=1S/C21H17ClFNO4/c1-12(2)11-27-19-15(22)8-13(10-18(19)26-3)9-17-21(25)28-20(24-17)14-6-4-5-7-16(14)23/h4-10H,1,11H2,2-3H3/b17-9-. The van der Waals surface area contributed by atoms with Crippen LogP contribution in [-0.2, 0) is 9.53 Å². The second-order valence-electron chi connectivity index (χ2n) is 6.10. The van der Waals surface area contributed by atoms with Crippen LogP contribution in [0.1, 0.15) is 18.1 Å². The number of ether oxygens (including phenoxy) is 3. The van der Waals surface area contributed by atoms with Crippen LogP contribution in [0.2, 0.25) is 5.02 Å². The zero-order chi connectivity index (χ0) is 20.3. The van der Waals surface area contributed by atoms with Gasteiger partial charge in [0.25, 0.3) is 0 Å². The fourth-order valence-electron chi connectivity index (χ4n) is 2.48. The van der Waals surface area contributed by atoms with Crippen LogP contribution in [0.4, 0.5) is 4.39 Å². The molecule has 0 unspecified atom stereocenters. The lowest BCUT2D eigenvalue weighted by Gasteiger charge is -2.13. The molecule has 7 heteroatoms. The number of halogens is 2. The topological polar surface area (TPSA) is 57.1 Å². The summed E-state index contributed by atoms with van der Waals surface area (Å²) in [6.07, 6.45) is 1.48. The highest BCUT2D eigenvalue weighted by Crippen LogP contribution is 2.37. The molecule has 1 heterocycles. The summed E-state index contributed by atoms with van der Waals surface area (Å²) in [6.45, 7) is 5.90. The molecular formula is C21H17ClFNO4. The number of aliphatic imine (C=N–C) groups is 1. The Morgan fingerprint density at radius 3 is 2.79 bits per heavy atom. The number of carbonyl (C=O) groups is 1. The van der Waals surface area contributed by atoms with Gasteiger partial charge in [-0.25, -0.2) is 14.2 Å². The number of hydrogen-bond acceptors (Lipinski definition) is 5. The Kier molecular flexibility index (Phi) is 5.80. The summed E-state index contributed by atoms with van der Waals surface area (Å²) >= 11 is 6.30. The first-order valence-electron chi connectivity index (χ1n) is 8.31. The maximum absolute atomic E-state index is 13.9. The number of nitrogens with zero attached hydrogens (tertiary/aromatic N) is 1. The number of rotatable bonds is 6.